The van der Waals surface area contributed by atoms with Gasteiger partial charge in [-0.25, -0.2) is 0 Å². The van der Waals surface area contributed by atoms with Crippen LogP contribution < -0.4 is 10.3 Å². The lowest BCUT2D eigenvalue weighted by atomic mass is 10.3. The van der Waals surface area contributed by atoms with Gasteiger partial charge in [-0.05, 0) is 12.1 Å². The largest absolute Gasteiger partial charge is 0.373 e. The van der Waals surface area contributed by atoms with E-state index in [4.69, 9.17) is 0 Å². The van der Waals surface area contributed by atoms with Crippen molar-refractivity contribution in [3.8, 4) is 0 Å². The molecule has 0 aliphatic rings. The standard InChI is InChI=1S/C14H15N3O3/c1-15(12-5-3-2-4-6-12)9-10-16-8-7-14(18)13(11-16)17(19)20/h2-8,11H,9-10H2,1H3. The molecule has 0 fully saturated rings. The number of likely N-dealkylation sites (N-methyl/N-ethyl adjacent to an activating group) is 1. The number of nitrogens with zero attached hydrogens (tertiary/aromatic N) is 3. The van der Waals surface area contributed by atoms with Gasteiger partial charge in [0, 0.05) is 38.1 Å². The van der Waals surface area contributed by atoms with Gasteiger partial charge in [0.2, 0.25) is 0 Å². The van der Waals surface area contributed by atoms with Crippen LogP contribution in [0.25, 0.3) is 0 Å². The molecule has 0 spiro atoms. The monoisotopic (exact) mass is 273 g/mol. The number of hydrogen-bond donors (Lipinski definition) is 0. The molecule has 0 aliphatic heterocycles. The molecule has 0 aliphatic carbocycles. The van der Waals surface area contributed by atoms with Crippen LogP contribution in [-0.4, -0.2) is 23.1 Å². The molecule has 0 atom stereocenters. The fraction of sp³-hybridized carbons (Fsp3) is 0.214. The van der Waals surface area contributed by atoms with Gasteiger partial charge in [0.15, 0.2) is 0 Å². The van der Waals surface area contributed by atoms with Crippen LogP contribution in [0.2, 0.25) is 0 Å². The van der Waals surface area contributed by atoms with Crippen LogP contribution in [0.15, 0.2) is 53.6 Å². The van der Waals surface area contributed by atoms with Crippen LogP contribution in [0.1, 0.15) is 0 Å². The molecule has 0 saturated heterocycles. The molecule has 6 heteroatoms. The molecule has 104 valence electrons. The minimum absolute atomic E-state index is 0.394. The Morgan fingerprint density at radius 2 is 1.95 bits per heavy atom. The van der Waals surface area contributed by atoms with E-state index in [9.17, 15) is 14.9 Å². The molecule has 0 saturated carbocycles. The Bertz CT molecular complexity index is 652. The zero-order valence-electron chi connectivity index (χ0n) is 11.1. The molecule has 6 nitrogen and oxygen atoms in total. The van der Waals surface area contributed by atoms with Gasteiger partial charge in [-0.15, -0.1) is 0 Å². The lowest BCUT2D eigenvalue weighted by molar-refractivity contribution is -0.386. The molecule has 1 aromatic heterocycles. The minimum atomic E-state index is -0.653. The highest BCUT2D eigenvalue weighted by Crippen LogP contribution is 2.11. The second-order valence-electron chi connectivity index (χ2n) is 4.45. The maximum atomic E-state index is 11.3. The zero-order chi connectivity index (χ0) is 14.5. The zero-order valence-corrected chi connectivity index (χ0v) is 11.1. The summed E-state index contributed by atoms with van der Waals surface area (Å²) in [6.07, 6.45) is 2.84. The van der Waals surface area contributed by atoms with Crippen LogP contribution in [0.5, 0.6) is 0 Å². The summed E-state index contributed by atoms with van der Waals surface area (Å²) in [6, 6.07) is 11.1. The Morgan fingerprint density at radius 3 is 2.60 bits per heavy atom. The van der Waals surface area contributed by atoms with Gasteiger partial charge in [0.1, 0.15) is 0 Å². The summed E-state index contributed by atoms with van der Waals surface area (Å²) in [5.74, 6) is 0. The van der Waals surface area contributed by atoms with E-state index in [1.807, 2.05) is 42.3 Å². The Hall–Kier alpha value is -2.63. The van der Waals surface area contributed by atoms with Gasteiger partial charge in [-0.3, -0.25) is 14.9 Å². The molecule has 0 bridgehead atoms. The van der Waals surface area contributed by atoms with E-state index in [0.717, 1.165) is 5.69 Å². The van der Waals surface area contributed by atoms with Gasteiger partial charge in [0.05, 0.1) is 11.1 Å². The van der Waals surface area contributed by atoms with Crippen LogP contribution in [0, 0.1) is 10.1 Å². The second kappa shape index (κ2) is 6.01. The van der Waals surface area contributed by atoms with E-state index in [1.165, 1.54) is 12.3 Å². The third-order valence-electron chi connectivity index (χ3n) is 3.05. The van der Waals surface area contributed by atoms with Crippen molar-refractivity contribution < 1.29 is 4.92 Å². The molecule has 1 aromatic carbocycles. The van der Waals surface area contributed by atoms with Crippen molar-refractivity contribution in [2.45, 2.75) is 6.54 Å². The number of para-hydroxylation sites is 1. The fourth-order valence-corrected chi connectivity index (χ4v) is 1.87. The molecular formula is C14H15N3O3. The lowest BCUT2D eigenvalue weighted by Gasteiger charge is -2.19. The van der Waals surface area contributed by atoms with Gasteiger partial charge >= 0.3 is 5.69 Å². The summed E-state index contributed by atoms with van der Waals surface area (Å²) < 4.78 is 1.65. The number of nitro groups is 1. The Balaban J connectivity index is 2.06. The molecule has 0 unspecified atom stereocenters. The summed E-state index contributed by atoms with van der Waals surface area (Å²) in [7, 11) is 1.95. The van der Waals surface area contributed by atoms with E-state index in [-0.39, 0.29) is 0 Å². The first-order valence-corrected chi connectivity index (χ1v) is 6.18. The van der Waals surface area contributed by atoms with Gasteiger partial charge < -0.3 is 9.47 Å². The number of rotatable bonds is 5. The first-order chi connectivity index (χ1) is 9.58. The van der Waals surface area contributed by atoms with E-state index in [0.29, 0.717) is 13.1 Å². The SMILES string of the molecule is CN(CCn1ccc(=O)c([N+](=O)[O-])c1)c1ccccc1. The molecule has 2 rings (SSSR count). The normalized spacial score (nSPS) is 10.2. The van der Waals surface area contributed by atoms with Crippen molar-refractivity contribution in [3.05, 3.63) is 69.1 Å². The van der Waals surface area contributed by atoms with E-state index < -0.39 is 16.0 Å². The van der Waals surface area contributed by atoms with Crippen LogP contribution in [0.4, 0.5) is 11.4 Å². The number of aromatic nitrogens is 1. The second-order valence-corrected chi connectivity index (χ2v) is 4.45. The Morgan fingerprint density at radius 1 is 1.25 bits per heavy atom. The summed E-state index contributed by atoms with van der Waals surface area (Å²) in [4.78, 5) is 23.4. The van der Waals surface area contributed by atoms with Gasteiger partial charge in [-0.2, -0.15) is 0 Å². The summed E-state index contributed by atoms with van der Waals surface area (Å²) >= 11 is 0. The molecule has 1 heterocycles. The van der Waals surface area contributed by atoms with Crippen molar-refractivity contribution in [1.82, 2.24) is 4.57 Å². The third kappa shape index (κ3) is 3.23. The molecule has 20 heavy (non-hydrogen) atoms. The van der Waals surface area contributed by atoms with Crippen LogP contribution >= 0.6 is 0 Å². The maximum absolute atomic E-state index is 11.3. The minimum Gasteiger partial charge on any atom is -0.373 e. The molecule has 0 amide bonds. The highest BCUT2D eigenvalue weighted by atomic mass is 16.6. The molecular weight excluding hydrogens is 258 g/mol. The molecule has 0 N–H and O–H groups in total. The van der Waals surface area contributed by atoms with Crippen molar-refractivity contribution in [2.24, 2.45) is 0 Å². The van der Waals surface area contributed by atoms with Crippen LogP contribution in [0.3, 0.4) is 0 Å². The first kappa shape index (κ1) is 13.8. The maximum Gasteiger partial charge on any atom is 0.332 e. The van der Waals surface area contributed by atoms with E-state index >= 15 is 0 Å². The van der Waals surface area contributed by atoms with E-state index in [2.05, 4.69) is 0 Å². The van der Waals surface area contributed by atoms with Crippen molar-refractivity contribution in [2.75, 3.05) is 18.5 Å². The predicted octanol–water partition coefficient (Wildman–Crippen LogP) is 1.89. The lowest BCUT2D eigenvalue weighted by Crippen LogP contribution is -2.23. The number of anilines is 1. The Labute approximate surface area is 116 Å². The van der Waals surface area contributed by atoms with Gasteiger partial charge in [-0.1, -0.05) is 18.2 Å². The van der Waals surface area contributed by atoms with Crippen molar-refractivity contribution >= 4 is 11.4 Å². The highest BCUT2D eigenvalue weighted by Gasteiger charge is 2.11. The molecule has 2 aromatic rings. The average Bonchev–Trinajstić information content (AvgIpc) is 2.46. The number of benzene rings is 1. The van der Waals surface area contributed by atoms with Crippen molar-refractivity contribution in [3.63, 3.8) is 0 Å². The van der Waals surface area contributed by atoms with E-state index in [1.54, 1.807) is 10.8 Å². The predicted molar refractivity (Wildman–Crippen MR) is 77.1 cm³/mol. The average molecular weight is 273 g/mol. The number of hydrogen-bond acceptors (Lipinski definition) is 4. The first-order valence-electron chi connectivity index (χ1n) is 6.18. The summed E-state index contributed by atoms with van der Waals surface area (Å²) in [5, 5.41) is 10.7. The third-order valence-corrected chi connectivity index (χ3v) is 3.05. The highest BCUT2D eigenvalue weighted by molar-refractivity contribution is 5.44. The van der Waals surface area contributed by atoms with Crippen molar-refractivity contribution in [1.29, 1.82) is 0 Å². The smallest absolute Gasteiger partial charge is 0.332 e. The number of pyridine rings is 1. The topological polar surface area (TPSA) is 68.4 Å². The summed E-state index contributed by atoms with van der Waals surface area (Å²) in [5.41, 5.74) is 0.112. The summed E-state index contributed by atoms with van der Waals surface area (Å²) in [6.45, 7) is 1.25. The molecule has 0 radical (unpaired) electrons. The quantitative estimate of drug-likeness (QED) is 0.616. The van der Waals surface area contributed by atoms with Crippen LogP contribution in [-0.2, 0) is 6.54 Å². The fourth-order valence-electron chi connectivity index (χ4n) is 1.87. The van der Waals surface area contributed by atoms with Gasteiger partial charge in [0.25, 0.3) is 5.43 Å². The Kier molecular flexibility index (Phi) is 4.14.